The Bertz CT molecular complexity index is 1070. The minimum absolute atomic E-state index is 0.283. The molecule has 3 N–H and O–H groups in total. The summed E-state index contributed by atoms with van der Waals surface area (Å²) in [5.41, 5.74) is 8.79. The second-order valence-corrected chi connectivity index (χ2v) is 9.67. The number of hydrogen-bond donors (Lipinski definition) is 2. The predicted octanol–water partition coefficient (Wildman–Crippen LogP) is 3.57. The lowest BCUT2D eigenvalue weighted by Crippen LogP contribution is -2.13. The average molecular weight is 412 g/mol. The third-order valence-corrected chi connectivity index (χ3v) is 6.99. The van der Waals surface area contributed by atoms with Gasteiger partial charge in [0.2, 0.25) is 0 Å². The molecule has 0 aliphatic carbocycles. The number of benzene rings is 2. The fraction of sp³-hybridized carbons (Fsp3) is 0.273. The van der Waals surface area contributed by atoms with Crippen molar-refractivity contribution in [3.63, 3.8) is 0 Å². The molecule has 1 atom stereocenters. The molecule has 1 heterocycles. The molecule has 3 rings (SSSR count). The first-order valence-electron chi connectivity index (χ1n) is 9.47. The van der Waals surface area contributed by atoms with Crippen molar-refractivity contribution in [2.45, 2.75) is 42.9 Å². The average Bonchev–Trinajstić information content (AvgIpc) is 2.73. The van der Waals surface area contributed by atoms with E-state index < -0.39 is 21.2 Å². The number of hydrogen-bond acceptors (Lipinski definition) is 6. The van der Waals surface area contributed by atoms with Gasteiger partial charge in [-0.25, -0.2) is 18.4 Å². The van der Waals surface area contributed by atoms with Gasteiger partial charge < -0.3 is 10.8 Å². The molecule has 0 spiro atoms. The van der Waals surface area contributed by atoms with Gasteiger partial charge in [-0.2, -0.15) is 0 Å². The summed E-state index contributed by atoms with van der Waals surface area (Å²) in [4.78, 5) is 9.09. The van der Waals surface area contributed by atoms with Gasteiger partial charge in [0.1, 0.15) is 5.82 Å². The molecule has 0 amide bonds. The zero-order valence-electron chi connectivity index (χ0n) is 16.5. The number of nitrogens with zero attached hydrogens (tertiary/aromatic N) is 2. The van der Waals surface area contributed by atoms with Gasteiger partial charge in [-0.1, -0.05) is 42.5 Å². The topological polar surface area (TPSA) is 106 Å². The lowest BCUT2D eigenvalue weighted by molar-refractivity contribution is 0.167. The van der Waals surface area contributed by atoms with Gasteiger partial charge >= 0.3 is 0 Å². The third kappa shape index (κ3) is 4.81. The van der Waals surface area contributed by atoms with Crippen LogP contribution in [-0.4, -0.2) is 28.7 Å². The quantitative estimate of drug-likeness (QED) is 0.615. The van der Waals surface area contributed by atoms with Crippen LogP contribution >= 0.6 is 0 Å². The molecule has 152 valence electrons. The van der Waals surface area contributed by atoms with Gasteiger partial charge in [0, 0.05) is 5.56 Å². The van der Waals surface area contributed by atoms with Crippen molar-refractivity contribution in [3.05, 3.63) is 72.1 Å². The number of aryl methyl sites for hydroxylation is 1. The lowest BCUT2D eigenvalue weighted by Gasteiger charge is -2.12. The highest BCUT2D eigenvalue weighted by Gasteiger charge is 2.19. The molecule has 29 heavy (non-hydrogen) atoms. The van der Waals surface area contributed by atoms with E-state index in [0.29, 0.717) is 30.0 Å². The molecule has 6 nitrogen and oxygen atoms in total. The predicted molar refractivity (Wildman–Crippen MR) is 114 cm³/mol. The molecule has 0 saturated heterocycles. The fourth-order valence-electron chi connectivity index (χ4n) is 2.96. The third-order valence-electron chi connectivity index (χ3n) is 4.82. The van der Waals surface area contributed by atoms with E-state index in [4.69, 9.17) is 5.73 Å². The number of sulfone groups is 1. The van der Waals surface area contributed by atoms with E-state index in [1.165, 1.54) is 0 Å². The highest BCUT2D eigenvalue weighted by Crippen LogP contribution is 2.24. The first-order chi connectivity index (χ1) is 13.8. The van der Waals surface area contributed by atoms with Gasteiger partial charge in [-0.05, 0) is 44.4 Å². The Hall–Kier alpha value is -2.77. The molecule has 0 aliphatic rings. The molecule has 0 radical (unpaired) electrons. The highest BCUT2D eigenvalue weighted by atomic mass is 32.2. The molecule has 1 aromatic heterocycles. The van der Waals surface area contributed by atoms with E-state index in [1.807, 2.05) is 30.3 Å². The zero-order valence-corrected chi connectivity index (χ0v) is 17.3. The molecule has 0 fully saturated rings. The summed E-state index contributed by atoms with van der Waals surface area (Å²) >= 11 is 0. The van der Waals surface area contributed by atoms with Crippen molar-refractivity contribution < 1.29 is 13.5 Å². The van der Waals surface area contributed by atoms with Crippen molar-refractivity contribution in [2.75, 3.05) is 5.73 Å². The van der Waals surface area contributed by atoms with Gasteiger partial charge in [0.15, 0.2) is 9.84 Å². The Kier molecular flexibility index (Phi) is 6.30. The van der Waals surface area contributed by atoms with Crippen LogP contribution in [0.5, 0.6) is 0 Å². The minimum Gasteiger partial charge on any atom is -0.388 e. The highest BCUT2D eigenvalue weighted by molar-refractivity contribution is 7.92. The summed E-state index contributed by atoms with van der Waals surface area (Å²) in [6, 6.07) is 16.0. The molecule has 3 aromatic rings. The van der Waals surface area contributed by atoms with Crippen LogP contribution in [0.25, 0.3) is 11.3 Å². The second-order valence-electron chi connectivity index (χ2n) is 7.17. The monoisotopic (exact) mass is 411 g/mol. The maximum atomic E-state index is 12.3. The van der Waals surface area contributed by atoms with Crippen LogP contribution in [0, 0.1) is 0 Å². The second kappa shape index (κ2) is 8.71. The summed E-state index contributed by atoms with van der Waals surface area (Å²) in [6.07, 6.45) is 1.90. The lowest BCUT2D eigenvalue weighted by atomic mass is 10.0. The normalized spacial score (nSPS) is 12.8. The van der Waals surface area contributed by atoms with E-state index in [-0.39, 0.29) is 4.90 Å². The number of nitrogens with two attached hydrogens (primary N) is 1. The van der Waals surface area contributed by atoms with Crippen molar-refractivity contribution >= 4 is 15.7 Å². The molecular formula is C22H25N3O3S. The van der Waals surface area contributed by atoms with Crippen LogP contribution in [-0.2, 0) is 16.3 Å². The minimum atomic E-state index is -3.32. The van der Waals surface area contributed by atoms with Crippen LogP contribution in [0.15, 0.2) is 65.7 Å². The smallest absolute Gasteiger partial charge is 0.180 e. The molecule has 0 saturated carbocycles. The molecule has 0 bridgehead atoms. The standard InChI is InChI=1S/C22H25N3O3S/c1-15(2)29(27,28)18-10-8-16(9-11-18)20-14-24-22(23)19(25-20)12-13-21(26)17-6-4-3-5-7-17/h3-11,14-15,21,26H,12-13H2,1-2H3,(H2,23,24)/t21-/m1/s1. The SMILES string of the molecule is CC(C)S(=O)(=O)c1ccc(-c2cnc(N)c(CC[C@@H](O)c3ccccc3)n2)cc1. The summed E-state index contributed by atoms with van der Waals surface area (Å²) in [7, 11) is -3.32. The molecule has 2 aromatic carbocycles. The maximum Gasteiger partial charge on any atom is 0.180 e. The number of aromatic nitrogens is 2. The van der Waals surface area contributed by atoms with E-state index in [1.54, 1.807) is 44.3 Å². The Morgan fingerprint density at radius 3 is 2.31 bits per heavy atom. The number of anilines is 1. The summed E-state index contributed by atoms with van der Waals surface area (Å²) in [5.74, 6) is 0.327. The van der Waals surface area contributed by atoms with Crippen LogP contribution in [0.1, 0.15) is 37.6 Å². The Morgan fingerprint density at radius 2 is 1.69 bits per heavy atom. The summed E-state index contributed by atoms with van der Waals surface area (Å²) < 4.78 is 24.6. The number of nitrogen functional groups attached to an aromatic ring is 1. The number of aliphatic hydroxyl groups is 1. The molecule has 0 unspecified atom stereocenters. The van der Waals surface area contributed by atoms with Crippen LogP contribution < -0.4 is 5.73 Å². The van der Waals surface area contributed by atoms with Gasteiger partial charge in [-0.15, -0.1) is 0 Å². The van der Waals surface area contributed by atoms with E-state index >= 15 is 0 Å². The van der Waals surface area contributed by atoms with Gasteiger partial charge in [0.05, 0.1) is 33.8 Å². The summed E-state index contributed by atoms with van der Waals surface area (Å²) in [6.45, 7) is 3.32. The fourth-order valence-corrected chi connectivity index (χ4v) is 4.02. The van der Waals surface area contributed by atoms with Crippen LogP contribution in [0.3, 0.4) is 0 Å². The van der Waals surface area contributed by atoms with Crippen molar-refractivity contribution in [1.29, 1.82) is 0 Å². The molecular weight excluding hydrogens is 386 g/mol. The molecule has 0 aliphatic heterocycles. The van der Waals surface area contributed by atoms with Gasteiger partial charge in [0.25, 0.3) is 0 Å². The van der Waals surface area contributed by atoms with E-state index in [0.717, 1.165) is 11.1 Å². The maximum absolute atomic E-state index is 12.3. The zero-order chi connectivity index (χ0) is 21.0. The van der Waals surface area contributed by atoms with Crippen molar-refractivity contribution in [1.82, 2.24) is 9.97 Å². The van der Waals surface area contributed by atoms with Crippen molar-refractivity contribution in [2.24, 2.45) is 0 Å². The van der Waals surface area contributed by atoms with Crippen molar-refractivity contribution in [3.8, 4) is 11.3 Å². The van der Waals surface area contributed by atoms with Crippen LogP contribution in [0.4, 0.5) is 5.82 Å². The Morgan fingerprint density at radius 1 is 1.03 bits per heavy atom. The molecule has 7 heteroatoms. The number of aliphatic hydroxyl groups excluding tert-OH is 1. The van der Waals surface area contributed by atoms with Gasteiger partial charge in [-0.3, -0.25) is 0 Å². The largest absolute Gasteiger partial charge is 0.388 e. The van der Waals surface area contributed by atoms with E-state index in [9.17, 15) is 13.5 Å². The first-order valence-corrected chi connectivity index (χ1v) is 11.0. The number of rotatable bonds is 7. The van der Waals surface area contributed by atoms with E-state index in [2.05, 4.69) is 9.97 Å². The Labute approximate surface area is 171 Å². The first kappa shape index (κ1) is 21.0. The summed E-state index contributed by atoms with van der Waals surface area (Å²) in [5, 5.41) is 9.89. The van der Waals surface area contributed by atoms with Crippen LogP contribution in [0.2, 0.25) is 0 Å². The Balaban J connectivity index is 1.78.